The summed E-state index contributed by atoms with van der Waals surface area (Å²) in [6.45, 7) is 4.29. The van der Waals surface area contributed by atoms with Crippen LogP contribution in [0.4, 0.5) is 0 Å². The molecule has 0 heterocycles. The van der Waals surface area contributed by atoms with Crippen molar-refractivity contribution in [1.29, 1.82) is 0 Å². The number of sulfonamides is 1. The predicted molar refractivity (Wildman–Crippen MR) is 100 cm³/mol. The molecule has 0 aromatic heterocycles. The number of fused-ring (bicyclic) bond motifs is 1. The Labute approximate surface area is 148 Å². The van der Waals surface area contributed by atoms with Crippen LogP contribution in [0.15, 0.2) is 71.6 Å². The van der Waals surface area contributed by atoms with E-state index in [4.69, 9.17) is 4.74 Å². The quantitative estimate of drug-likeness (QED) is 0.718. The maximum absolute atomic E-state index is 12.7. The number of hydrogen-bond donors (Lipinski definition) is 1. The molecule has 3 aromatic carbocycles. The molecule has 0 bridgehead atoms. The molecule has 0 aliphatic rings. The first-order valence-corrected chi connectivity index (χ1v) is 9.72. The molecule has 3 aromatic rings. The molecule has 4 nitrogen and oxygen atoms in total. The average molecular weight is 355 g/mol. The first-order valence-electron chi connectivity index (χ1n) is 8.24. The van der Waals surface area contributed by atoms with Crippen molar-refractivity contribution in [3.63, 3.8) is 0 Å². The van der Waals surface area contributed by atoms with Gasteiger partial charge < -0.3 is 4.74 Å². The molecule has 25 heavy (non-hydrogen) atoms. The Kier molecular flexibility index (Phi) is 5.06. The van der Waals surface area contributed by atoms with Gasteiger partial charge in [0.05, 0.1) is 11.5 Å². The maximum atomic E-state index is 12.7. The van der Waals surface area contributed by atoms with Gasteiger partial charge >= 0.3 is 0 Å². The molecule has 130 valence electrons. The van der Waals surface area contributed by atoms with Crippen molar-refractivity contribution in [3.8, 4) is 5.75 Å². The van der Waals surface area contributed by atoms with Crippen molar-refractivity contribution < 1.29 is 13.2 Å². The smallest absolute Gasteiger partial charge is 0.241 e. The second-order valence-corrected chi connectivity index (χ2v) is 7.53. The highest BCUT2D eigenvalue weighted by Gasteiger charge is 2.19. The van der Waals surface area contributed by atoms with Crippen LogP contribution in [0.5, 0.6) is 5.75 Å². The lowest BCUT2D eigenvalue weighted by Crippen LogP contribution is -2.27. The summed E-state index contributed by atoms with van der Waals surface area (Å²) in [5, 5.41) is 2.14. The van der Waals surface area contributed by atoms with E-state index in [0.29, 0.717) is 12.4 Å². The molecule has 0 aliphatic carbocycles. The number of nitrogens with one attached hydrogen (secondary N) is 1. The van der Waals surface area contributed by atoms with Crippen LogP contribution in [0.1, 0.15) is 25.5 Å². The van der Waals surface area contributed by atoms with E-state index in [2.05, 4.69) is 4.72 Å². The zero-order valence-corrected chi connectivity index (χ0v) is 15.1. The second kappa shape index (κ2) is 7.25. The maximum Gasteiger partial charge on any atom is 0.241 e. The highest BCUT2D eigenvalue weighted by molar-refractivity contribution is 7.89. The summed E-state index contributed by atoms with van der Waals surface area (Å²) in [6, 6.07) is 20.0. The fourth-order valence-electron chi connectivity index (χ4n) is 2.87. The highest BCUT2D eigenvalue weighted by Crippen LogP contribution is 2.26. The van der Waals surface area contributed by atoms with Crippen molar-refractivity contribution in [1.82, 2.24) is 4.72 Å². The fourth-order valence-corrected chi connectivity index (χ4v) is 4.10. The van der Waals surface area contributed by atoms with Gasteiger partial charge in [-0.1, -0.05) is 42.5 Å². The van der Waals surface area contributed by atoms with Crippen LogP contribution in [0.25, 0.3) is 10.8 Å². The van der Waals surface area contributed by atoms with Gasteiger partial charge in [0.25, 0.3) is 0 Å². The Morgan fingerprint density at radius 1 is 0.960 bits per heavy atom. The number of rotatable bonds is 6. The molecule has 0 amide bonds. The Morgan fingerprint density at radius 3 is 2.36 bits per heavy atom. The van der Waals surface area contributed by atoms with E-state index in [1.54, 1.807) is 24.3 Å². The number of hydrogen-bond acceptors (Lipinski definition) is 3. The van der Waals surface area contributed by atoms with Gasteiger partial charge in [-0.05, 0) is 54.4 Å². The molecule has 0 saturated carbocycles. The van der Waals surface area contributed by atoms with Gasteiger partial charge in [-0.15, -0.1) is 0 Å². The van der Waals surface area contributed by atoms with Gasteiger partial charge in [-0.2, -0.15) is 0 Å². The fraction of sp³-hybridized carbons (Fsp3) is 0.200. The van der Waals surface area contributed by atoms with Crippen molar-refractivity contribution in [3.05, 3.63) is 72.3 Å². The largest absolute Gasteiger partial charge is 0.494 e. The molecule has 1 N–H and O–H groups in total. The molecule has 0 radical (unpaired) electrons. The van der Waals surface area contributed by atoms with Crippen LogP contribution >= 0.6 is 0 Å². The van der Waals surface area contributed by atoms with Crippen molar-refractivity contribution >= 4 is 20.8 Å². The molecule has 5 heteroatoms. The summed E-state index contributed by atoms with van der Waals surface area (Å²) >= 11 is 0. The lowest BCUT2D eigenvalue weighted by molar-refractivity contribution is 0.340. The summed E-state index contributed by atoms with van der Waals surface area (Å²) in [7, 11) is -3.61. The molecule has 0 aliphatic heterocycles. The summed E-state index contributed by atoms with van der Waals surface area (Å²) in [5.41, 5.74) is 0.951. The number of benzene rings is 3. The Hall–Kier alpha value is -2.37. The summed E-state index contributed by atoms with van der Waals surface area (Å²) in [6.07, 6.45) is 0. The van der Waals surface area contributed by atoms with Gasteiger partial charge in [-0.25, -0.2) is 13.1 Å². The average Bonchev–Trinajstić information content (AvgIpc) is 2.61. The molecular weight excluding hydrogens is 334 g/mol. The van der Waals surface area contributed by atoms with Gasteiger partial charge in [0.2, 0.25) is 10.0 Å². The first-order chi connectivity index (χ1) is 12.0. The SMILES string of the molecule is CCOc1ccc(S(=O)(=O)N[C@@H](C)c2cccc3ccccc23)cc1. The summed E-state index contributed by atoms with van der Waals surface area (Å²) in [4.78, 5) is 0.225. The topological polar surface area (TPSA) is 55.4 Å². The predicted octanol–water partition coefficient (Wildman–Crippen LogP) is 4.28. The summed E-state index contributed by atoms with van der Waals surface area (Å²) < 4.78 is 33.5. The molecular formula is C20H21NO3S. The minimum atomic E-state index is -3.61. The van der Waals surface area contributed by atoms with Crippen molar-refractivity contribution in [2.75, 3.05) is 6.61 Å². The zero-order valence-electron chi connectivity index (χ0n) is 14.3. The molecule has 0 fully saturated rings. The van der Waals surface area contributed by atoms with Gasteiger partial charge in [0.15, 0.2) is 0 Å². The second-order valence-electron chi connectivity index (χ2n) is 5.82. The normalized spacial score (nSPS) is 12.9. The lowest BCUT2D eigenvalue weighted by Gasteiger charge is -2.17. The van der Waals surface area contributed by atoms with Crippen LogP contribution in [0.3, 0.4) is 0 Å². The lowest BCUT2D eigenvalue weighted by atomic mass is 10.0. The third-order valence-electron chi connectivity index (χ3n) is 4.07. The minimum Gasteiger partial charge on any atom is -0.494 e. The van der Waals surface area contributed by atoms with E-state index >= 15 is 0 Å². The third kappa shape index (κ3) is 3.83. The van der Waals surface area contributed by atoms with Crippen LogP contribution in [-0.4, -0.2) is 15.0 Å². The molecule has 0 saturated heterocycles. The standard InChI is InChI=1S/C20H21NO3S/c1-3-24-17-11-13-18(14-12-17)25(22,23)21-15(2)19-10-6-8-16-7-4-5-9-20(16)19/h4-15,21H,3H2,1-2H3/t15-/m0/s1. The van der Waals surface area contributed by atoms with Gasteiger partial charge in [0.1, 0.15) is 5.75 Å². The Bertz CT molecular complexity index is 960. The molecule has 3 rings (SSSR count). The Balaban J connectivity index is 1.87. The first kappa shape index (κ1) is 17.5. The zero-order chi connectivity index (χ0) is 17.9. The van der Waals surface area contributed by atoms with Gasteiger partial charge in [0, 0.05) is 6.04 Å². The highest BCUT2D eigenvalue weighted by atomic mass is 32.2. The van der Waals surface area contributed by atoms with Crippen LogP contribution in [0, 0.1) is 0 Å². The summed E-state index contributed by atoms with van der Waals surface area (Å²) in [5.74, 6) is 0.656. The van der Waals surface area contributed by atoms with E-state index in [1.807, 2.05) is 56.3 Å². The van der Waals surface area contributed by atoms with Crippen LogP contribution in [0.2, 0.25) is 0 Å². The van der Waals surface area contributed by atoms with E-state index in [9.17, 15) is 8.42 Å². The number of ether oxygens (including phenoxy) is 1. The molecule has 0 unspecified atom stereocenters. The monoisotopic (exact) mass is 355 g/mol. The van der Waals surface area contributed by atoms with E-state index in [0.717, 1.165) is 16.3 Å². The van der Waals surface area contributed by atoms with E-state index in [1.165, 1.54) is 0 Å². The molecule has 0 spiro atoms. The van der Waals surface area contributed by atoms with E-state index in [-0.39, 0.29) is 10.9 Å². The van der Waals surface area contributed by atoms with E-state index < -0.39 is 10.0 Å². The van der Waals surface area contributed by atoms with Crippen molar-refractivity contribution in [2.24, 2.45) is 0 Å². The molecule has 1 atom stereocenters. The van der Waals surface area contributed by atoms with Crippen molar-refractivity contribution in [2.45, 2.75) is 24.8 Å². The third-order valence-corrected chi connectivity index (χ3v) is 5.62. The minimum absolute atomic E-state index is 0.225. The van der Waals surface area contributed by atoms with Crippen LogP contribution in [-0.2, 0) is 10.0 Å². The van der Waals surface area contributed by atoms with Gasteiger partial charge in [-0.3, -0.25) is 0 Å². The Morgan fingerprint density at radius 2 is 1.64 bits per heavy atom. The van der Waals surface area contributed by atoms with Crippen LogP contribution < -0.4 is 9.46 Å².